The second-order valence-corrected chi connectivity index (χ2v) is 8.40. The quantitative estimate of drug-likeness (QED) is 0.672. The number of hydrogen-bond acceptors (Lipinski definition) is 5. The normalized spacial score (nSPS) is 14.9. The van der Waals surface area contributed by atoms with Crippen LogP contribution in [0.4, 0.5) is 15.3 Å². The molecular weight excluding hydrogens is 424 g/mol. The van der Waals surface area contributed by atoms with Crippen molar-refractivity contribution in [3.8, 4) is 0 Å². The molecule has 1 unspecified atom stereocenters. The number of rotatable bonds is 7. The van der Waals surface area contributed by atoms with Crippen LogP contribution in [0.5, 0.6) is 0 Å². The van der Waals surface area contributed by atoms with Crippen molar-refractivity contribution >= 4 is 46.2 Å². The zero-order chi connectivity index (χ0) is 21.7. The van der Waals surface area contributed by atoms with Crippen LogP contribution in [0.2, 0.25) is 5.02 Å². The number of halogens is 1. The van der Waals surface area contributed by atoms with Crippen LogP contribution < -0.4 is 10.6 Å². The van der Waals surface area contributed by atoms with Gasteiger partial charge in [0.05, 0.1) is 18.3 Å². The molecule has 30 heavy (non-hydrogen) atoms. The van der Waals surface area contributed by atoms with Crippen LogP contribution in [0.1, 0.15) is 17.2 Å². The number of likely N-dealkylation sites (N-methyl/N-ethyl adjacent to an activating group) is 1. The maximum Gasteiger partial charge on any atom is 0.319 e. The third kappa shape index (κ3) is 5.53. The van der Waals surface area contributed by atoms with Crippen molar-refractivity contribution in [1.29, 1.82) is 0 Å². The van der Waals surface area contributed by atoms with Crippen molar-refractivity contribution in [2.45, 2.75) is 12.6 Å². The molecule has 3 rings (SSSR count). The highest BCUT2D eigenvalue weighted by molar-refractivity contribution is 8.14. The lowest BCUT2D eigenvalue weighted by atomic mass is 10.1. The van der Waals surface area contributed by atoms with E-state index in [0.29, 0.717) is 17.3 Å². The van der Waals surface area contributed by atoms with E-state index in [0.717, 1.165) is 22.9 Å². The van der Waals surface area contributed by atoms with Crippen LogP contribution in [0.25, 0.3) is 0 Å². The van der Waals surface area contributed by atoms with Crippen molar-refractivity contribution in [1.82, 2.24) is 15.1 Å². The Morgan fingerprint density at radius 3 is 2.47 bits per heavy atom. The molecule has 0 bridgehead atoms. The van der Waals surface area contributed by atoms with Gasteiger partial charge in [-0.3, -0.25) is 14.5 Å². The number of urea groups is 1. The highest BCUT2D eigenvalue weighted by Gasteiger charge is 2.29. The molecule has 9 heteroatoms. The number of nitrogens with one attached hydrogen (secondary N) is 2. The topological polar surface area (TPSA) is 81.8 Å². The number of carbonyl (C=O) groups is 3. The molecule has 1 aliphatic heterocycles. The second-order valence-electron chi connectivity index (χ2n) is 7.07. The Kier molecular flexibility index (Phi) is 7.36. The van der Waals surface area contributed by atoms with E-state index in [1.165, 1.54) is 4.90 Å². The molecule has 4 amide bonds. The van der Waals surface area contributed by atoms with E-state index >= 15 is 0 Å². The van der Waals surface area contributed by atoms with E-state index < -0.39 is 0 Å². The van der Waals surface area contributed by atoms with Gasteiger partial charge < -0.3 is 15.5 Å². The molecule has 7 nitrogen and oxygen atoms in total. The van der Waals surface area contributed by atoms with E-state index in [-0.39, 0.29) is 35.5 Å². The maximum atomic E-state index is 12.3. The van der Waals surface area contributed by atoms with Crippen molar-refractivity contribution in [3.63, 3.8) is 0 Å². The number of nitrogens with zero attached hydrogens (tertiary/aromatic N) is 2. The maximum absolute atomic E-state index is 12.3. The Morgan fingerprint density at radius 2 is 1.87 bits per heavy atom. The lowest BCUT2D eigenvalue weighted by Gasteiger charge is -2.26. The summed E-state index contributed by atoms with van der Waals surface area (Å²) in [6.07, 6.45) is 0. The largest absolute Gasteiger partial charge is 0.336 e. The molecule has 1 atom stereocenters. The van der Waals surface area contributed by atoms with Gasteiger partial charge in [-0.2, -0.15) is 0 Å². The highest BCUT2D eigenvalue weighted by atomic mass is 35.5. The first-order valence-corrected chi connectivity index (χ1v) is 10.7. The third-order valence-electron chi connectivity index (χ3n) is 4.74. The fraction of sp³-hybridized carbons (Fsp3) is 0.286. The Hall–Kier alpha value is -2.55. The molecule has 0 radical (unpaired) electrons. The molecule has 2 N–H and O–H groups in total. The summed E-state index contributed by atoms with van der Waals surface area (Å²) in [5, 5.41) is 6.09. The van der Waals surface area contributed by atoms with Gasteiger partial charge in [-0.1, -0.05) is 53.7 Å². The summed E-state index contributed by atoms with van der Waals surface area (Å²) in [5.41, 5.74) is 2.37. The molecule has 0 aliphatic carbocycles. The van der Waals surface area contributed by atoms with Crippen molar-refractivity contribution in [3.05, 3.63) is 64.7 Å². The zero-order valence-electron chi connectivity index (χ0n) is 16.7. The predicted octanol–water partition coefficient (Wildman–Crippen LogP) is 3.96. The molecule has 0 spiro atoms. The second kappa shape index (κ2) is 9.97. The number of anilines is 1. The van der Waals surface area contributed by atoms with Gasteiger partial charge in [-0.05, 0) is 43.4 Å². The van der Waals surface area contributed by atoms with Crippen molar-refractivity contribution < 1.29 is 14.4 Å². The van der Waals surface area contributed by atoms with Gasteiger partial charge in [0, 0.05) is 17.3 Å². The van der Waals surface area contributed by atoms with Crippen LogP contribution in [-0.2, 0) is 11.3 Å². The van der Waals surface area contributed by atoms with Crippen LogP contribution in [0.3, 0.4) is 0 Å². The third-order valence-corrected chi connectivity index (χ3v) is 5.94. The van der Waals surface area contributed by atoms with Gasteiger partial charge in [-0.15, -0.1) is 0 Å². The standard InChI is InChI=1S/C21H23ClN4O3S/c1-25(2)18(16-5-3-4-6-17(16)22)11-23-20(28)24-15-9-7-14(8-10-15)12-26-19(27)13-30-21(26)29/h3-10,18H,11-13H2,1-2H3,(H2,23,24,28). The summed E-state index contributed by atoms with van der Waals surface area (Å²) < 4.78 is 0. The Bertz CT molecular complexity index is 920. The number of imide groups is 1. The first-order chi connectivity index (χ1) is 14.3. The Balaban J connectivity index is 1.55. The molecule has 1 aliphatic rings. The van der Waals surface area contributed by atoms with Gasteiger partial charge >= 0.3 is 6.03 Å². The minimum atomic E-state index is -0.331. The number of benzene rings is 2. The summed E-state index contributed by atoms with van der Waals surface area (Å²) in [5.74, 6) is 0.0152. The van der Waals surface area contributed by atoms with Crippen LogP contribution in [0, 0.1) is 0 Å². The van der Waals surface area contributed by atoms with Crippen molar-refractivity contribution in [2.24, 2.45) is 0 Å². The fourth-order valence-corrected chi connectivity index (χ4v) is 4.08. The summed E-state index contributed by atoms with van der Waals surface area (Å²) >= 11 is 7.31. The lowest BCUT2D eigenvalue weighted by Crippen LogP contribution is -2.37. The fourth-order valence-electron chi connectivity index (χ4n) is 3.09. The molecular formula is C21H23ClN4O3S. The summed E-state index contributed by atoms with van der Waals surface area (Å²) in [4.78, 5) is 39.0. The van der Waals surface area contributed by atoms with Crippen LogP contribution >= 0.6 is 23.4 Å². The predicted molar refractivity (Wildman–Crippen MR) is 120 cm³/mol. The van der Waals surface area contributed by atoms with Gasteiger partial charge in [0.15, 0.2) is 0 Å². The molecule has 2 aromatic rings. The smallest absolute Gasteiger partial charge is 0.319 e. The summed E-state index contributed by atoms with van der Waals surface area (Å²) in [7, 11) is 3.86. The molecule has 1 fully saturated rings. The summed E-state index contributed by atoms with van der Waals surface area (Å²) in [6, 6.07) is 14.2. The Labute approximate surface area is 184 Å². The number of hydrogen-bond donors (Lipinski definition) is 2. The molecule has 2 aromatic carbocycles. The molecule has 0 saturated carbocycles. The van der Waals surface area contributed by atoms with Crippen LogP contribution in [0.15, 0.2) is 48.5 Å². The van der Waals surface area contributed by atoms with E-state index in [1.54, 1.807) is 24.3 Å². The monoisotopic (exact) mass is 446 g/mol. The highest BCUT2D eigenvalue weighted by Crippen LogP contribution is 2.25. The molecule has 158 valence electrons. The van der Waals surface area contributed by atoms with Gasteiger partial charge in [0.25, 0.3) is 5.24 Å². The average Bonchev–Trinajstić information content (AvgIpc) is 3.02. The van der Waals surface area contributed by atoms with Crippen LogP contribution in [-0.4, -0.2) is 53.4 Å². The van der Waals surface area contributed by atoms with E-state index in [1.807, 2.05) is 43.3 Å². The average molecular weight is 447 g/mol. The van der Waals surface area contributed by atoms with E-state index in [2.05, 4.69) is 10.6 Å². The first kappa shape index (κ1) is 22.1. The molecule has 1 heterocycles. The van der Waals surface area contributed by atoms with Gasteiger partial charge in [-0.25, -0.2) is 4.79 Å². The summed E-state index contributed by atoms with van der Waals surface area (Å²) in [6.45, 7) is 0.622. The number of thioether (sulfide) groups is 1. The van der Waals surface area contributed by atoms with Gasteiger partial charge in [0.1, 0.15) is 0 Å². The van der Waals surface area contributed by atoms with Gasteiger partial charge in [0.2, 0.25) is 5.91 Å². The minimum absolute atomic E-state index is 0.0692. The first-order valence-electron chi connectivity index (χ1n) is 9.37. The number of amides is 4. The molecule has 1 saturated heterocycles. The number of carbonyl (C=O) groups excluding carboxylic acids is 3. The van der Waals surface area contributed by atoms with Crippen molar-refractivity contribution in [2.75, 3.05) is 31.7 Å². The molecule has 0 aromatic heterocycles. The SMILES string of the molecule is CN(C)C(CNC(=O)Nc1ccc(CN2C(=O)CSC2=O)cc1)c1ccccc1Cl. The zero-order valence-corrected chi connectivity index (χ0v) is 18.3. The Morgan fingerprint density at radius 1 is 1.17 bits per heavy atom. The lowest BCUT2D eigenvalue weighted by molar-refractivity contribution is -0.125. The minimum Gasteiger partial charge on any atom is -0.336 e. The van der Waals surface area contributed by atoms with E-state index in [9.17, 15) is 14.4 Å². The van der Waals surface area contributed by atoms with E-state index in [4.69, 9.17) is 11.6 Å².